The van der Waals surface area contributed by atoms with Crippen molar-refractivity contribution in [3.63, 3.8) is 0 Å². The SMILES string of the molecule is C=O.CC.CCC(C)C(CCC(=O)N1CCCCCC(C(CC(=O)NC(CC2C=CC=CC2)C(=O)OCCN(CC(=O)O)CC(=O)O)OC)C1)NC(CO)[C@@H](NCC(C(C)C)N(C)SC)C(C)C.CO. The number of carbonyl (C=O) groups is 6. The highest BCUT2D eigenvalue weighted by Gasteiger charge is 2.34. The Morgan fingerprint density at radius 1 is 0.943 bits per heavy atom. The third-order valence-corrected chi connectivity index (χ3v) is 13.8. The number of likely N-dealkylation sites (tertiary alicyclic amines) is 1. The van der Waals surface area contributed by atoms with E-state index in [1.165, 1.54) is 0 Å². The van der Waals surface area contributed by atoms with Crippen LogP contribution in [-0.4, -0.2) is 187 Å². The molecule has 1 saturated heterocycles. The fourth-order valence-electron chi connectivity index (χ4n) is 8.87. The van der Waals surface area contributed by atoms with Crippen molar-refractivity contribution in [3.05, 3.63) is 24.3 Å². The molecule has 19 heteroatoms. The molecule has 0 aromatic rings. The smallest absolute Gasteiger partial charge is 0.328 e. The molecule has 0 aromatic carbocycles. The van der Waals surface area contributed by atoms with Crippen LogP contribution in [0.25, 0.3) is 0 Å². The number of carboxylic acids is 2. The first-order valence-electron chi connectivity index (χ1n) is 25.3. The number of carboxylic acid groups (broad SMARTS) is 2. The molecule has 70 heavy (non-hydrogen) atoms. The summed E-state index contributed by atoms with van der Waals surface area (Å²) in [6.07, 6.45) is 15.7. The molecule has 7 N–H and O–H groups in total. The number of hydrogen-bond donors (Lipinski definition) is 7. The lowest BCUT2D eigenvalue weighted by atomic mass is 9.89. The van der Waals surface area contributed by atoms with Gasteiger partial charge in [-0.1, -0.05) is 111 Å². The van der Waals surface area contributed by atoms with Gasteiger partial charge in [0.25, 0.3) is 0 Å². The molecule has 9 atom stereocenters. The number of nitrogens with zero attached hydrogens (tertiary/aromatic N) is 3. The van der Waals surface area contributed by atoms with E-state index >= 15 is 0 Å². The van der Waals surface area contributed by atoms with Crippen LogP contribution in [0.3, 0.4) is 0 Å². The van der Waals surface area contributed by atoms with Crippen molar-refractivity contribution in [2.24, 2.45) is 29.6 Å². The van der Waals surface area contributed by atoms with Crippen LogP contribution in [0.1, 0.15) is 120 Å². The number of amides is 2. The Balaban J connectivity index is 0. The molecular weight excluding hydrogens is 921 g/mol. The Morgan fingerprint density at radius 2 is 1.59 bits per heavy atom. The molecule has 0 spiro atoms. The lowest BCUT2D eigenvalue weighted by Gasteiger charge is -2.38. The quantitative estimate of drug-likeness (QED) is 0.0361. The molecule has 1 aliphatic heterocycles. The fourth-order valence-corrected chi connectivity index (χ4v) is 9.46. The van der Waals surface area contributed by atoms with Crippen LogP contribution in [0.15, 0.2) is 24.3 Å². The van der Waals surface area contributed by atoms with Gasteiger partial charge in [-0.2, -0.15) is 0 Å². The maximum Gasteiger partial charge on any atom is 0.328 e. The zero-order chi connectivity index (χ0) is 53.8. The summed E-state index contributed by atoms with van der Waals surface area (Å²) < 4.78 is 13.7. The second-order valence-electron chi connectivity index (χ2n) is 18.5. The fraction of sp³-hybridized carbons (Fsp3) is 0.804. The highest BCUT2D eigenvalue weighted by Crippen LogP contribution is 2.26. The number of hydrogen-bond acceptors (Lipinski definition) is 15. The second-order valence-corrected chi connectivity index (χ2v) is 19.4. The molecule has 1 heterocycles. The third-order valence-electron chi connectivity index (χ3n) is 13.0. The Bertz CT molecular complexity index is 1480. The van der Waals surface area contributed by atoms with E-state index in [2.05, 4.69) is 75.1 Å². The van der Waals surface area contributed by atoms with Crippen molar-refractivity contribution >= 4 is 48.5 Å². The van der Waals surface area contributed by atoms with Gasteiger partial charge in [0.05, 0.1) is 32.2 Å². The van der Waals surface area contributed by atoms with Gasteiger partial charge in [0.2, 0.25) is 11.8 Å². The van der Waals surface area contributed by atoms with E-state index in [9.17, 15) is 39.3 Å². The lowest BCUT2D eigenvalue weighted by molar-refractivity contribution is -0.149. The first kappa shape index (κ1) is 68.6. The number of aliphatic hydroxyl groups excluding tert-OH is 2. The monoisotopic (exact) mass is 1020 g/mol. The van der Waals surface area contributed by atoms with Crippen LogP contribution in [0.2, 0.25) is 0 Å². The van der Waals surface area contributed by atoms with Crippen LogP contribution in [0.4, 0.5) is 0 Å². The molecule has 1 fully saturated rings. The molecule has 2 amide bonds. The molecule has 8 unspecified atom stereocenters. The van der Waals surface area contributed by atoms with Gasteiger partial charge in [-0.3, -0.25) is 24.1 Å². The van der Waals surface area contributed by atoms with Gasteiger partial charge < -0.3 is 55.5 Å². The Kier molecular flexibility index (Phi) is 40.3. The average Bonchev–Trinajstić information content (AvgIpc) is 3.33. The number of ether oxygens (including phenoxy) is 2. The van der Waals surface area contributed by atoms with Gasteiger partial charge in [0.15, 0.2) is 0 Å². The first-order chi connectivity index (χ1) is 33.4. The number of rotatable bonds is 31. The lowest BCUT2D eigenvalue weighted by Crippen LogP contribution is -2.58. The minimum absolute atomic E-state index is 0.0121. The molecular formula is C51H96N6O12S. The van der Waals surface area contributed by atoms with E-state index in [1.807, 2.05) is 49.8 Å². The summed E-state index contributed by atoms with van der Waals surface area (Å²) in [4.78, 5) is 74.8. The van der Waals surface area contributed by atoms with E-state index in [0.29, 0.717) is 44.3 Å². The predicted molar refractivity (Wildman–Crippen MR) is 279 cm³/mol. The molecule has 2 aliphatic rings. The number of likely N-dealkylation sites (N-methyl/N-ethyl adjacent to an activating group) is 1. The Labute approximate surface area is 425 Å². The molecule has 0 aromatic heterocycles. The number of aliphatic hydroxyl groups is 2. The van der Waals surface area contributed by atoms with Gasteiger partial charge in [-0.25, -0.2) is 9.10 Å². The molecule has 18 nitrogen and oxygen atoms in total. The Hall–Kier alpha value is -3.43. The number of carbonyl (C=O) groups excluding carboxylic acids is 4. The van der Waals surface area contributed by atoms with Crippen molar-refractivity contribution in [3.8, 4) is 0 Å². The normalized spacial score (nSPS) is 18.8. The second kappa shape index (κ2) is 41.1. The maximum atomic E-state index is 14.1. The number of nitrogens with one attached hydrogen (secondary N) is 3. The van der Waals surface area contributed by atoms with Crippen molar-refractivity contribution in [2.45, 2.75) is 156 Å². The number of esters is 1. The molecule has 1 aliphatic carbocycles. The van der Waals surface area contributed by atoms with Crippen LogP contribution < -0.4 is 16.0 Å². The van der Waals surface area contributed by atoms with Crippen LogP contribution in [0.5, 0.6) is 0 Å². The topological polar surface area (TPSA) is 248 Å². The van der Waals surface area contributed by atoms with Crippen molar-refractivity contribution in [2.75, 3.05) is 80.0 Å². The zero-order valence-corrected chi connectivity index (χ0v) is 45.7. The van der Waals surface area contributed by atoms with Crippen molar-refractivity contribution < 1.29 is 58.7 Å². The van der Waals surface area contributed by atoms with Gasteiger partial charge in [0, 0.05) is 76.9 Å². The van der Waals surface area contributed by atoms with E-state index in [-0.39, 0.29) is 80.3 Å². The number of allylic oxidation sites excluding steroid dienone is 4. The highest BCUT2D eigenvalue weighted by molar-refractivity contribution is 7.96. The van der Waals surface area contributed by atoms with E-state index in [0.717, 1.165) is 50.7 Å². The molecule has 2 rings (SSSR count). The number of methoxy groups -OCH3 is 1. The van der Waals surface area contributed by atoms with E-state index in [1.54, 1.807) is 19.1 Å². The standard InChI is InChI=1S/C47H84N6O10S.C2H6.CH4O.CH2O/c1-10-34(6)37(49-39(31-54)46(33(4)5)48-27-40(32(2)3)51(7)64-9)20-21-43(56)53-22-16-12-15-19-36(28-53)41(62-8)26-42(55)50-38(25-35-17-13-11-14-18-35)47(61)63-24-23-52(29-44(57)58)30-45(59)60;3*1-2/h11,13-14,17,32-41,46,48-49,54H,10,12,15-16,18-31H2,1-9H3,(H,50,55)(H,57,58)(H,59,60);1-2H3;2H,1H3;1H2/t34?,35?,36?,37?,38?,39?,40?,41?,46-;;;/m0.../s1. The number of aliphatic carboxylic acids is 2. The van der Waals surface area contributed by atoms with E-state index in [4.69, 9.17) is 19.4 Å². The summed E-state index contributed by atoms with van der Waals surface area (Å²) in [7, 11) is 4.68. The minimum atomic E-state index is -1.20. The summed E-state index contributed by atoms with van der Waals surface area (Å²) in [6, 6.07) is -0.840. The average molecular weight is 1020 g/mol. The van der Waals surface area contributed by atoms with Crippen molar-refractivity contribution in [1.29, 1.82) is 0 Å². The largest absolute Gasteiger partial charge is 0.480 e. The predicted octanol–water partition coefficient (Wildman–Crippen LogP) is 4.88. The summed E-state index contributed by atoms with van der Waals surface area (Å²) >= 11 is 1.72. The van der Waals surface area contributed by atoms with E-state index < -0.39 is 49.1 Å². The van der Waals surface area contributed by atoms with Crippen LogP contribution in [-0.2, 0) is 38.2 Å². The summed E-state index contributed by atoms with van der Waals surface area (Å²) in [5.74, 6) is -2.61. The molecule has 0 bridgehead atoms. The third kappa shape index (κ3) is 28.0. The van der Waals surface area contributed by atoms with Crippen LogP contribution >= 0.6 is 11.9 Å². The van der Waals surface area contributed by atoms with Crippen molar-refractivity contribution in [1.82, 2.24) is 30.1 Å². The van der Waals surface area contributed by atoms with Gasteiger partial charge >= 0.3 is 17.9 Å². The maximum absolute atomic E-state index is 14.1. The molecule has 0 radical (unpaired) electrons. The molecule has 408 valence electrons. The summed E-state index contributed by atoms with van der Waals surface area (Å²) in [5.41, 5.74) is 0. The van der Waals surface area contributed by atoms with Gasteiger partial charge in [0.1, 0.15) is 19.4 Å². The highest BCUT2D eigenvalue weighted by atomic mass is 32.2. The zero-order valence-electron chi connectivity index (χ0n) is 44.9. The van der Waals surface area contributed by atoms with Gasteiger partial charge in [-0.15, -0.1) is 0 Å². The summed E-state index contributed by atoms with van der Waals surface area (Å²) in [5, 5.41) is 46.6. The first-order valence-corrected chi connectivity index (χ1v) is 26.5. The minimum Gasteiger partial charge on any atom is -0.480 e. The Morgan fingerprint density at radius 3 is 2.10 bits per heavy atom. The molecule has 0 saturated carbocycles. The van der Waals surface area contributed by atoms with Crippen LogP contribution in [0, 0.1) is 29.6 Å². The van der Waals surface area contributed by atoms with Gasteiger partial charge in [-0.05, 0) is 69.1 Å². The summed E-state index contributed by atoms with van der Waals surface area (Å²) in [6.45, 7) is 19.6.